The molecule has 0 radical (unpaired) electrons. The Morgan fingerprint density at radius 2 is 2.09 bits per heavy atom. The van der Waals surface area contributed by atoms with Gasteiger partial charge in [0.05, 0.1) is 0 Å². The van der Waals surface area contributed by atoms with E-state index in [4.69, 9.17) is 0 Å². The largest absolute Gasteiger partial charge is 0.103 e. The highest BCUT2D eigenvalue weighted by Crippen LogP contribution is 2.00. The second-order valence-electron chi connectivity index (χ2n) is 2.65. The van der Waals surface area contributed by atoms with Crippen molar-refractivity contribution >= 4 is 0 Å². The molecular weight excluding hydrogens is 132 g/mol. The molecule has 0 heterocycles. The van der Waals surface area contributed by atoms with E-state index in [1.165, 1.54) is 12.0 Å². The molecule has 0 N–H and O–H groups in total. The van der Waals surface area contributed by atoms with E-state index in [2.05, 4.69) is 38.7 Å². The monoisotopic (exact) mass is 150 g/mol. The lowest BCUT2D eigenvalue weighted by atomic mass is 10.2. The summed E-state index contributed by atoms with van der Waals surface area (Å²) in [6.07, 6.45) is 12.0. The van der Waals surface area contributed by atoms with Gasteiger partial charge in [0.1, 0.15) is 0 Å². The molecule has 0 saturated heterocycles. The van der Waals surface area contributed by atoms with E-state index in [1.807, 2.05) is 6.08 Å². The number of rotatable bonds is 5. The molecular formula is C11H18. The van der Waals surface area contributed by atoms with E-state index in [0.717, 1.165) is 12.8 Å². The molecule has 0 aromatic carbocycles. The summed E-state index contributed by atoms with van der Waals surface area (Å²) in [5, 5.41) is 0. The molecule has 0 bridgehead atoms. The first-order valence-electron chi connectivity index (χ1n) is 4.21. The van der Waals surface area contributed by atoms with Gasteiger partial charge in [-0.2, -0.15) is 0 Å². The number of hydrogen-bond donors (Lipinski definition) is 0. The zero-order valence-electron chi connectivity index (χ0n) is 7.64. The molecule has 0 aromatic heterocycles. The molecule has 0 fully saturated rings. The van der Waals surface area contributed by atoms with Crippen molar-refractivity contribution in [3.63, 3.8) is 0 Å². The molecule has 0 nitrogen and oxygen atoms in total. The van der Waals surface area contributed by atoms with Crippen molar-refractivity contribution in [1.29, 1.82) is 0 Å². The Morgan fingerprint density at radius 1 is 1.36 bits per heavy atom. The van der Waals surface area contributed by atoms with E-state index >= 15 is 0 Å². The Morgan fingerprint density at radius 3 is 2.64 bits per heavy atom. The van der Waals surface area contributed by atoms with Crippen LogP contribution < -0.4 is 0 Å². The third kappa shape index (κ3) is 7.11. The van der Waals surface area contributed by atoms with Crippen LogP contribution in [0.25, 0.3) is 0 Å². The van der Waals surface area contributed by atoms with E-state index in [0.29, 0.717) is 0 Å². The first-order chi connectivity index (χ1) is 5.31. The highest BCUT2D eigenvalue weighted by atomic mass is 13.9. The summed E-state index contributed by atoms with van der Waals surface area (Å²) in [7, 11) is 0. The quantitative estimate of drug-likeness (QED) is 0.317. The van der Waals surface area contributed by atoms with Crippen molar-refractivity contribution in [3.05, 3.63) is 36.5 Å². The lowest BCUT2D eigenvalue weighted by Crippen LogP contribution is -1.69. The van der Waals surface area contributed by atoms with Gasteiger partial charge in [-0.3, -0.25) is 0 Å². The van der Waals surface area contributed by atoms with Crippen LogP contribution in [0.1, 0.15) is 33.1 Å². The van der Waals surface area contributed by atoms with Gasteiger partial charge in [0.15, 0.2) is 0 Å². The van der Waals surface area contributed by atoms with Gasteiger partial charge < -0.3 is 0 Å². The molecule has 0 amide bonds. The Kier molecular flexibility index (Phi) is 6.81. The average Bonchev–Trinajstić information content (AvgIpc) is 2.04. The zero-order valence-corrected chi connectivity index (χ0v) is 7.64. The molecule has 0 aliphatic carbocycles. The molecule has 0 unspecified atom stereocenters. The Balaban J connectivity index is 3.37. The van der Waals surface area contributed by atoms with Crippen LogP contribution in [0, 0.1) is 0 Å². The summed E-state index contributed by atoms with van der Waals surface area (Å²) in [5.41, 5.74) is 1.34. The molecule has 0 spiro atoms. The summed E-state index contributed by atoms with van der Waals surface area (Å²) < 4.78 is 0. The smallest absolute Gasteiger partial charge is 0.0345 e. The van der Waals surface area contributed by atoms with Crippen molar-refractivity contribution in [3.8, 4) is 0 Å². The van der Waals surface area contributed by atoms with Crippen LogP contribution >= 0.6 is 0 Å². The van der Waals surface area contributed by atoms with Crippen LogP contribution in [0.2, 0.25) is 0 Å². The van der Waals surface area contributed by atoms with Crippen LogP contribution in [0.3, 0.4) is 0 Å². The molecule has 62 valence electrons. The lowest BCUT2D eigenvalue weighted by Gasteiger charge is -1.90. The van der Waals surface area contributed by atoms with Crippen molar-refractivity contribution in [2.75, 3.05) is 0 Å². The Hall–Kier alpha value is -0.780. The second kappa shape index (κ2) is 7.33. The van der Waals surface area contributed by atoms with Crippen LogP contribution in [-0.4, -0.2) is 0 Å². The average molecular weight is 150 g/mol. The first kappa shape index (κ1) is 10.2. The van der Waals surface area contributed by atoms with Crippen molar-refractivity contribution in [2.24, 2.45) is 0 Å². The first-order valence-corrected chi connectivity index (χ1v) is 4.21. The lowest BCUT2D eigenvalue weighted by molar-refractivity contribution is 0.869. The highest BCUT2D eigenvalue weighted by Gasteiger charge is 1.79. The minimum absolute atomic E-state index is 1.12. The fraction of sp³-hybridized carbons (Fsp3) is 0.455. The third-order valence-electron chi connectivity index (χ3n) is 1.62. The minimum atomic E-state index is 1.12. The maximum Gasteiger partial charge on any atom is -0.0345 e. The van der Waals surface area contributed by atoms with Crippen LogP contribution in [0.5, 0.6) is 0 Å². The summed E-state index contributed by atoms with van der Waals surface area (Å²) in [4.78, 5) is 0. The summed E-state index contributed by atoms with van der Waals surface area (Å²) in [6, 6.07) is 0. The van der Waals surface area contributed by atoms with Gasteiger partial charge in [0, 0.05) is 0 Å². The Bertz CT molecular complexity index is 149. The predicted octanol–water partition coefficient (Wildman–Crippen LogP) is 3.87. The van der Waals surface area contributed by atoms with Crippen LogP contribution in [-0.2, 0) is 0 Å². The number of allylic oxidation sites excluding steroid dienone is 5. The van der Waals surface area contributed by atoms with Gasteiger partial charge in [-0.15, -0.1) is 6.58 Å². The van der Waals surface area contributed by atoms with Gasteiger partial charge in [0.25, 0.3) is 0 Å². The Labute approximate surface area is 70.3 Å². The van der Waals surface area contributed by atoms with Crippen LogP contribution in [0.4, 0.5) is 0 Å². The van der Waals surface area contributed by atoms with Gasteiger partial charge in [-0.25, -0.2) is 0 Å². The topological polar surface area (TPSA) is 0 Å². The van der Waals surface area contributed by atoms with Gasteiger partial charge in [-0.1, -0.05) is 29.9 Å². The molecule has 11 heavy (non-hydrogen) atoms. The van der Waals surface area contributed by atoms with E-state index in [-0.39, 0.29) is 0 Å². The van der Waals surface area contributed by atoms with Gasteiger partial charge >= 0.3 is 0 Å². The van der Waals surface area contributed by atoms with Crippen LogP contribution in [0.15, 0.2) is 36.5 Å². The molecule has 0 aliphatic rings. The van der Waals surface area contributed by atoms with Crippen molar-refractivity contribution < 1.29 is 0 Å². The third-order valence-corrected chi connectivity index (χ3v) is 1.62. The second-order valence-corrected chi connectivity index (χ2v) is 2.65. The molecule has 0 atom stereocenters. The van der Waals surface area contributed by atoms with Gasteiger partial charge in [0.2, 0.25) is 0 Å². The number of hydrogen-bond acceptors (Lipinski definition) is 0. The van der Waals surface area contributed by atoms with Crippen molar-refractivity contribution in [1.82, 2.24) is 0 Å². The van der Waals surface area contributed by atoms with Crippen molar-refractivity contribution in [2.45, 2.75) is 33.1 Å². The molecule has 0 saturated carbocycles. The SMILES string of the molecule is C=CCCC/C=C/C(C)=C/C. The molecule has 0 heteroatoms. The summed E-state index contributed by atoms with van der Waals surface area (Å²) >= 11 is 0. The maximum atomic E-state index is 3.67. The highest BCUT2D eigenvalue weighted by molar-refractivity contribution is 5.14. The molecule has 0 aromatic rings. The minimum Gasteiger partial charge on any atom is -0.103 e. The normalized spacial score (nSPS) is 12.4. The molecule has 0 aliphatic heterocycles. The van der Waals surface area contributed by atoms with Gasteiger partial charge in [-0.05, 0) is 33.1 Å². The zero-order chi connectivity index (χ0) is 8.53. The number of unbranched alkanes of at least 4 members (excludes halogenated alkanes) is 2. The summed E-state index contributed by atoms with van der Waals surface area (Å²) in [6.45, 7) is 7.85. The fourth-order valence-corrected chi connectivity index (χ4v) is 0.745. The predicted molar refractivity (Wildman–Crippen MR) is 52.6 cm³/mol. The van der Waals surface area contributed by atoms with E-state index in [9.17, 15) is 0 Å². The van der Waals surface area contributed by atoms with E-state index < -0.39 is 0 Å². The molecule has 0 rings (SSSR count). The maximum absolute atomic E-state index is 3.67. The standard InChI is InChI=1S/C11H18/c1-4-6-7-8-9-10-11(3)5-2/h4-5,9-10H,1,6-8H2,2-3H3/b10-9+,11-5+. The fourth-order valence-electron chi connectivity index (χ4n) is 0.745. The van der Waals surface area contributed by atoms with E-state index in [1.54, 1.807) is 0 Å². The summed E-state index contributed by atoms with van der Waals surface area (Å²) in [5.74, 6) is 0.